The Morgan fingerprint density at radius 1 is 1.33 bits per heavy atom. The van der Waals surface area contributed by atoms with E-state index in [1.807, 2.05) is 18.7 Å². The van der Waals surface area contributed by atoms with Crippen LogP contribution in [0.4, 0.5) is 0 Å². The summed E-state index contributed by atoms with van der Waals surface area (Å²) in [5, 5.41) is 2.70. The molecule has 2 fully saturated rings. The number of rotatable bonds is 2. The molecule has 0 bridgehead atoms. The maximum atomic E-state index is 12.2. The zero-order valence-electron chi connectivity index (χ0n) is 11.5. The minimum Gasteiger partial charge on any atom is -0.345 e. The number of carbonyl (C=O) groups is 2. The predicted octanol–water partition coefficient (Wildman–Crippen LogP) is 0.0636. The molecule has 5 nitrogen and oxygen atoms in total. The molecule has 2 aliphatic heterocycles. The van der Waals surface area contributed by atoms with E-state index >= 15 is 0 Å². The van der Waals surface area contributed by atoms with Crippen molar-refractivity contribution in [3.05, 3.63) is 0 Å². The summed E-state index contributed by atoms with van der Waals surface area (Å²) in [6.45, 7) is 6.12. The number of hydrogen-bond donors (Lipinski definition) is 1. The van der Waals surface area contributed by atoms with E-state index in [0.717, 1.165) is 25.9 Å². The molecular formula is C13H23N3O2. The Balaban J connectivity index is 2.19. The first-order valence-corrected chi connectivity index (χ1v) is 6.78. The number of nitrogens with one attached hydrogen (secondary N) is 1. The van der Waals surface area contributed by atoms with Crippen molar-refractivity contribution < 1.29 is 9.59 Å². The maximum absolute atomic E-state index is 12.2. The predicted molar refractivity (Wildman–Crippen MR) is 69.0 cm³/mol. The lowest BCUT2D eigenvalue weighted by Gasteiger charge is -2.45. The number of likely N-dealkylation sites (N-methyl/N-ethyl adjacent to an activating group) is 1. The standard InChI is InChI=1S/C13H23N3O2/c1-9(2)12-13(18)14-7-11(17)16(12)10-5-4-6-15(3)8-10/h9-10,12H,4-8H2,1-3H3,(H,14,18). The Morgan fingerprint density at radius 2 is 2.06 bits per heavy atom. The summed E-state index contributed by atoms with van der Waals surface area (Å²) in [4.78, 5) is 28.2. The molecule has 0 radical (unpaired) electrons. The van der Waals surface area contributed by atoms with E-state index in [2.05, 4.69) is 17.3 Å². The molecule has 2 heterocycles. The summed E-state index contributed by atoms with van der Waals surface area (Å²) >= 11 is 0. The van der Waals surface area contributed by atoms with Gasteiger partial charge >= 0.3 is 0 Å². The Kier molecular flexibility index (Phi) is 3.90. The molecule has 0 aliphatic carbocycles. The van der Waals surface area contributed by atoms with Gasteiger partial charge in [0.1, 0.15) is 6.04 Å². The van der Waals surface area contributed by atoms with Gasteiger partial charge in [0.25, 0.3) is 0 Å². The highest BCUT2D eigenvalue weighted by atomic mass is 16.2. The summed E-state index contributed by atoms with van der Waals surface area (Å²) in [7, 11) is 2.07. The molecule has 0 aromatic heterocycles. The smallest absolute Gasteiger partial charge is 0.243 e. The minimum atomic E-state index is -0.303. The van der Waals surface area contributed by atoms with Gasteiger partial charge in [0, 0.05) is 12.6 Å². The van der Waals surface area contributed by atoms with Gasteiger partial charge in [-0.3, -0.25) is 9.59 Å². The topological polar surface area (TPSA) is 52.7 Å². The number of piperidine rings is 1. The van der Waals surface area contributed by atoms with Crippen LogP contribution < -0.4 is 5.32 Å². The van der Waals surface area contributed by atoms with Gasteiger partial charge in [-0.05, 0) is 32.4 Å². The van der Waals surface area contributed by atoms with E-state index in [4.69, 9.17) is 0 Å². The van der Waals surface area contributed by atoms with Gasteiger partial charge in [-0.1, -0.05) is 13.8 Å². The van der Waals surface area contributed by atoms with Gasteiger partial charge in [-0.2, -0.15) is 0 Å². The van der Waals surface area contributed by atoms with Crippen LogP contribution in [-0.4, -0.2) is 60.4 Å². The molecule has 5 heteroatoms. The van der Waals surface area contributed by atoms with E-state index < -0.39 is 0 Å². The zero-order valence-corrected chi connectivity index (χ0v) is 11.5. The highest BCUT2D eigenvalue weighted by Gasteiger charge is 2.41. The molecule has 18 heavy (non-hydrogen) atoms. The monoisotopic (exact) mass is 253 g/mol. The van der Waals surface area contributed by atoms with Crippen LogP contribution in [0.25, 0.3) is 0 Å². The molecule has 0 aromatic rings. The summed E-state index contributed by atoms with van der Waals surface area (Å²) in [5.41, 5.74) is 0. The molecule has 2 amide bonds. The molecule has 2 rings (SSSR count). The van der Waals surface area contributed by atoms with E-state index in [1.165, 1.54) is 0 Å². The largest absolute Gasteiger partial charge is 0.345 e. The number of hydrogen-bond acceptors (Lipinski definition) is 3. The molecule has 0 saturated carbocycles. The summed E-state index contributed by atoms with van der Waals surface area (Å²) < 4.78 is 0. The Morgan fingerprint density at radius 3 is 2.67 bits per heavy atom. The number of likely N-dealkylation sites (tertiary alicyclic amines) is 1. The fraction of sp³-hybridized carbons (Fsp3) is 0.846. The Hall–Kier alpha value is -1.10. The Labute approximate surface area is 108 Å². The minimum absolute atomic E-state index is 0.00201. The number of carbonyl (C=O) groups excluding carboxylic acids is 2. The second-order valence-electron chi connectivity index (χ2n) is 5.77. The van der Waals surface area contributed by atoms with Crippen LogP contribution in [0.2, 0.25) is 0 Å². The van der Waals surface area contributed by atoms with Gasteiger partial charge in [0.15, 0.2) is 0 Å². The lowest BCUT2D eigenvalue weighted by molar-refractivity contribution is -0.151. The second-order valence-corrected chi connectivity index (χ2v) is 5.77. The first-order valence-electron chi connectivity index (χ1n) is 6.78. The fourth-order valence-corrected chi connectivity index (χ4v) is 3.06. The molecule has 0 spiro atoms. The number of nitrogens with zero attached hydrogens (tertiary/aromatic N) is 2. The van der Waals surface area contributed by atoms with Crippen molar-refractivity contribution in [2.45, 2.75) is 38.8 Å². The average Bonchev–Trinajstić information content (AvgIpc) is 2.31. The van der Waals surface area contributed by atoms with E-state index in [9.17, 15) is 9.59 Å². The molecule has 0 aromatic carbocycles. The van der Waals surface area contributed by atoms with Crippen LogP contribution in [0.3, 0.4) is 0 Å². The zero-order chi connectivity index (χ0) is 13.3. The molecule has 102 valence electrons. The van der Waals surface area contributed by atoms with Crippen LogP contribution >= 0.6 is 0 Å². The van der Waals surface area contributed by atoms with Crippen molar-refractivity contribution in [2.75, 3.05) is 26.7 Å². The van der Waals surface area contributed by atoms with Crippen LogP contribution in [-0.2, 0) is 9.59 Å². The second kappa shape index (κ2) is 5.26. The van der Waals surface area contributed by atoms with Gasteiger partial charge in [0.2, 0.25) is 11.8 Å². The summed E-state index contributed by atoms with van der Waals surface area (Å²) in [6.07, 6.45) is 2.10. The van der Waals surface area contributed by atoms with Crippen molar-refractivity contribution in [3.8, 4) is 0 Å². The molecule has 2 saturated heterocycles. The highest BCUT2D eigenvalue weighted by molar-refractivity contribution is 5.95. The van der Waals surface area contributed by atoms with E-state index in [-0.39, 0.29) is 36.4 Å². The van der Waals surface area contributed by atoms with Crippen molar-refractivity contribution in [2.24, 2.45) is 5.92 Å². The van der Waals surface area contributed by atoms with Crippen LogP contribution in [0.1, 0.15) is 26.7 Å². The highest BCUT2D eigenvalue weighted by Crippen LogP contribution is 2.23. The third-order valence-electron chi connectivity index (χ3n) is 3.89. The summed E-state index contributed by atoms with van der Waals surface area (Å²) in [6, 6.07) is -0.113. The van der Waals surface area contributed by atoms with Crippen LogP contribution in [0.15, 0.2) is 0 Å². The molecule has 2 atom stereocenters. The SMILES string of the molecule is CC(C)C1C(=O)NCC(=O)N1C1CCCN(C)C1. The van der Waals surface area contributed by atoms with Gasteiger partial charge in [-0.15, -0.1) is 0 Å². The molecule has 2 aliphatic rings. The fourth-order valence-electron chi connectivity index (χ4n) is 3.06. The average molecular weight is 253 g/mol. The van der Waals surface area contributed by atoms with Gasteiger partial charge < -0.3 is 15.1 Å². The lowest BCUT2D eigenvalue weighted by Crippen LogP contribution is -2.65. The quantitative estimate of drug-likeness (QED) is 0.757. The number of amides is 2. The first kappa shape index (κ1) is 13.3. The first-order chi connectivity index (χ1) is 8.50. The lowest BCUT2D eigenvalue weighted by atomic mass is 9.94. The van der Waals surface area contributed by atoms with Gasteiger partial charge in [0.05, 0.1) is 6.54 Å². The number of piperazine rings is 1. The van der Waals surface area contributed by atoms with Crippen molar-refractivity contribution in [3.63, 3.8) is 0 Å². The maximum Gasteiger partial charge on any atom is 0.243 e. The van der Waals surface area contributed by atoms with Crippen LogP contribution in [0, 0.1) is 5.92 Å². The molecular weight excluding hydrogens is 230 g/mol. The van der Waals surface area contributed by atoms with E-state index in [0.29, 0.717) is 0 Å². The van der Waals surface area contributed by atoms with E-state index in [1.54, 1.807) is 0 Å². The van der Waals surface area contributed by atoms with Crippen LogP contribution in [0.5, 0.6) is 0 Å². The normalized spacial score (nSPS) is 30.8. The van der Waals surface area contributed by atoms with Crippen molar-refractivity contribution in [1.29, 1.82) is 0 Å². The van der Waals surface area contributed by atoms with Crippen molar-refractivity contribution >= 4 is 11.8 Å². The third-order valence-corrected chi connectivity index (χ3v) is 3.89. The third kappa shape index (κ3) is 2.51. The summed E-state index contributed by atoms with van der Waals surface area (Å²) in [5.74, 6) is 0.216. The van der Waals surface area contributed by atoms with Gasteiger partial charge in [-0.25, -0.2) is 0 Å². The molecule has 2 unspecified atom stereocenters. The van der Waals surface area contributed by atoms with Crippen molar-refractivity contribution in [1.82, 2.24) is 15.1 Å². The Bertz CT molecular complexity index is 343. The molecule has 1 N–H and O–H groups in total.